The lowest BCUT2D eigenvalue weighted by Crippen LogP contribution is -2.53. The maximum absolute atomic E-state index is 14.6. The third-order valence-corrected chi connectivity index (χ3v) is 5.09. The van der Waals surface area contributed by atoms with E-state index in [1.807, 2.05) is 11.0 Å². The molecular weight excluding hydrogens is 387 g/mol. The lowest BCUT2D eigenvalue weighted by Gasteiger charge is -2.35. The molecule has 1 fully saturated rings. The lowest BCUT2D eigenvalue weighted by atomic mass is 10.0. The fourth-order valence-electron chi connectivity index (χ4n) is 3.62. The number of halogens is 1. The topological polar surface area (TPSA) is 87.4 Å². The summed E-state index contributed by atoms with van der Waals surface area (Å²) in [5, 5.41) is 12.6. The van der Waals surface area contributed by atoms with E-state index < -0.39 is 23.9 Å². The number of alkyl carbamates (subject to hydrolysis) is 1. The van der Waals surface area contributed by atoms with Crippen LogP contribution in [0.3, 0.4) is 0 Å². The highest BCUT2D eigenvalue weighted by atomic mass is 19.1. The summed E-state index contributed by atoms with van der Waals surface area (Å²) in [6, 6.07) is 9.97. The second-order valence-electron chi connectivity index (χ2n) is 8.57. The van der Waals surface area contributed by atoms with Crippen LogP contribution in [0.15, 0.2) is 35.1 Å². The molecule has 30 heavy (non-hydrogen) atoms. The Morgan fingerprint density at radius 1 is 1.30 bits per heavy atom. The standard InChI is InChI=1S/C22H27FN4O3/c1-22(2,3)30-21(29)25-18-8-9-26(14-17(18)23)10-11-27-19-12-15(13-24)4-5-16(19)6-7-20(27)28/h4-7,12,17-18H,8-11,14H2,1-3H3,(H,25,29)/t17-,18-/m1/s1. The minimum absolute atomic E-state index is 0.157. The Kier molecular flexibility index (Phi) is 6.42. The number of hydrogen-bond donors (Lipinski definition) is 1. The summed E-state index contributed by atoms with van der Waals surface area (Å²) in [5.74, 6) is 0. The van der Waals surface area contributed by atoms with E-state index in [-0.39, 0.29) is 12.1 Å². The van der Waals surface area contributed by atoms with Gasteiger partial charge in [0, 0.05) is 32.2 Å². The van der Waals surface area contributed by atoms with E-state index in [2.05, 4.69) is 11.4 Å². The molecule has 2 aromatic rings. The molecule has 1 amide bonds. The van der Waals surface area contributed by atoms with Crippen LogP contribution in [-0.4, -0.2) is 53.0 Å². The van der Waals surface area contributed by atoms with Crippen LogP contribution in [-0.2, 0) is 11.3 Å². The second kappa shape index (κ2) is 8.84. The molecule has 1 aliphatic rings. The molecule has 1 aliphatic heterocycles. The van der Waals surface area contributed by atoms with Gasteiger partial charge in [-0.3, -0.25) is 9.69 Å². The number of benzene rings is 1. The maximum Gasteiger partial charge on any atom is 0.407 e. The van der Waals surface area contributed by atoms with Gasteiger partial charge < -0.3 is 14.6 Å². The molecule has 160 valence electrons. The van der Waals surface area contributed by atoms with Crippen molar-refractivity contribution in [3.05, 3.63) is 46.2 Å². The van der Waals surface area contributed by atoms with Crippen molar-refractivity contribution in [2.24, 2.45) is 0 Å². The zero-order chi connectivity index (χ0) is 21.9. The average molecular weight is 414 g/mol. The number of carbonyl (C=O) groups excluding carboxylic acids is 1. The highest BCUT2D eigenvalue weighted by Gasteiger charge is 2.31. The lowest BCUT2D eigenvalue weighted by molar-refractivity contribution is 0.0395. The van der Waals surface area contributed by atoms with E-state index in [1.165, 1.54) is 6.07 Å². The number of amides is 1. The van der Waals surface area contributed by atoms with E-state index in [0.29, 0.717) is 37.1 Å². The molecule has 0 radical (unpaired) electrons. The Balaban J connectivity index is 1.62. The fraction of sp³-hybridized carbons (Fsp3) is 0.500. The van der Waals surface area contributed by atoms with Crippen LogP contribution >= 0.6 is 0 Å². The van der Waals surface area contributed by atoms with Crippen molar-refractivity contribution in [3.63, 3.8) is 0 Å². The van der Waals surface area contributed by atoms with Crippen molar-refractivity contribution in [2.45, 2.75) is 51.6 Å². The van der Waals surface area contributed by atoms with Crippen LogP contribution in [0.4, 0.5) is 9.18 Å². The first-order valence-electron chi connectivity index (χ1n) is 10.1. The number of carbonyl (C=O) groups is 1. The van der Waals surface area contributed by atoms with Crippen LogP contribution in [0.1, 0.15) is 32.8 Å². The van der Waals surface area contributed by atoms with Crippen LogP contribution in [0.25, 0.3) is 10.9 Å². The van der Waals surface area contributed by atoms with E-state index >= 15 is 0 Å². The SMILES string of the molecule is CC(C)(C)OC(=O)N[C@@H]1CCN(CCn2c(=O)ccc3ccc(C#N)cc32)C[C@H]1F. The minimum atomic E-state index is -1.22. The zero-order valence-electron chi connectivity index (χ0n) is 17.5. The summed E-state index contributed by atoms with van der Waals surface area (Å²) in [5.41, 5.74) is 0.392. The largest absolute Gasteiger partial charge is 0.444 e. The minimum Gasteiger partial charge on any atom is -0.444 e. The molecule has 7 nitrogen and oxygen atoms in total. The molecule has 0 saturated carbocycles. The number of alkyl halides is 1. The third-order valence-electron chi connectivity index (χ3n) is 5.09. The number of nitrogens with zero attached hydrogens (tertiary/aromatic N) is 3. The molecule has 1 saturated heterocycles. The molecule has 0 unspecified atom stereocenters. The predicted octanol–water partition coefficient (Wildman–Crippen LogP) is 2.81. The number of likely N-dealkylation sites (tertiary alicyclic amines) is 1. The molecule has 3 rings (SSSR count). The molecule has 2 atom stereocenters. The number of ether oxygens (including phenoxy) is 1. The van der Waals surface area contributed by atoms with Crippen LogP contribution in [0.5, 0.6) is 0 Å². The maximum atomic E-state index is 14.6. The van der Waals surface area contributed by atoms with E-state index in [4.69, 9.17) is 10.00 Å². The predicted molar refractivity (Wildman–Crippen MR) is 112 cm³/mol. The summed E-state index contributed by atoms with van der Waals surface area (Å²) in [6.07, 6.45) is -1.37. The van der Waals surface area contributed by atoms with Gasteiger partial charge in [-0.1, -0.05) is 6.07 Å². The number of pyridine rings is 1. The molecule has 0 spiro atoms. The normalized spacial score (nSPS) is 20.0. The first-order valence-corrected chi connectivity index (χ1v) is 10.1. The number of nitriles is 1. The molecule has 1 aromatic carbocycles. The smallest absolute Gasteiger partial charge is 0.407 e. The van der Waals surface area contributed by atoms with Gasteiger partial charge in [0.05, 0.1) is 23.2 Å². The van der Waals surface area contributed by atoms with Gasteiger partial charge in [-0.2, -0.15) is 5.26 Å². The summed E-state index contributed by atoms with van der Waals surface area (Å²) >= 11 is 0. The molecule has 0 bridgehead atoms. The van der Waals surface area contributed by atoms with Gasteiger partial charge in [0.1, 0.15) is 11.8 Å². The van der Waals surface area contributed by atoms with Gasteiger partial charge >= 0.3 is 6.09 Å². The molecule has 0 aliphatic carbocycles. The van der Waals surface area contributed by atoms with Crippen LogP contribution in [0, 0.1) is 11.3 Å². The summed E-state index contributed by atoms with van der Waals surface area (Å²) in [7, 11) is 0. The zero-order valence-corrected chi connectivity index (χ0v) is 17.5. The Morgan fingerprint density at radius 2 is 2.03 bits per heavy atom. The van der Waals surface area contributed by atoms with Crippen molar-refractivity contribution in [1.82, 2.24) is 14.8 Å². The fourth-order valence-corrected chi connectivity index (χ4v) is 3.62. The van der Waals surface area contributed by atoms with Crippen molar-refractivity contribution in [1.29, 1.82) is 5.26 Å². The van der Waals surface area contributed by atoms with Gasteiger partial charge in [0.2, 0.25) is 0 Å². The molecular formula is C22H27FN4O3. The molecule has 8 heteroatoms. The number of nitrogens with one attached hydrogen (secondary N) is 1. The van der Waals surface area contributed by atoms with Crippen LogP contribution < -0.4 is 10.9 Å². The van der Waals surface area contributed by atoms with Gasteiger partial charge in [0.15, 0.2) is 0 Å². The Morgan fingerprint density at radius 3 is 2.70 bits per heavy atom. The molecule has 2 heterocycles. The second-order valence-corrected chi connectivity index (χ2v) is 8.57. The number of fused-ring (bicyclic) bond motifs is 1. The Bertz CT molecular complexity index is 1020. The van der Waals surface area contributed by atoms with Crippen LogP contribution in [0.2, 0.25) is 0 Å². The quantitative estimate of drug-likeness (QED) is 0.831. The first-order chi connectivity index (χ1) is 14.2. The summed E-state index contributed by atoms with van der Waals surface area (Å²) in [4.78, 5) is 26.2. The number of aromatic nitrogens is 1. The van der Waals surface area contributed by atoms with Gasteiger partial charge in [-0.25, -0.2) is 9.18 Å². The first kappa shape index (κ1) is 21.8. The Labute approximate surface area is 175 Å². The monoisotopic (exact) mass is 414 g/mol. The van der Waals surface area contributed by atoms with Gasteiger partial charge in [0.25, 0.3) is 5.56 Å². The number of rotatable bonds is 4. The van der Waals surface area contributed by atoms with Crippen molar-refractivity contribution in [3.8, 4) is 6.07 Å². The Hall–Kier alpha value is -2.92. The highest BCUT2D eigenvalue weighted by Crippen LogP contribution is 2.17. The van der Waals surface area contributed by atoms with Gasteiger partial charge in [-0.05, 0) is 50.8 Å². The molecule has 1 aromatic heterocycles. The summed E-state index contributed by atoms with van der Waals surface area (Å²) < 4.78 is 21.5. The summed E-state index contributed by atoms with van der Waals surface area (Å²) in [6.45, 7) is 6.94. The third kappa shape index (κ3) is 5.36. The highest BCUT2D eigenvalue weighted by molar-refractivity contribution is 5.80. The number of hydrogen-bond acceptors (Lipinski definition) is 5. The average Bonchev–Trinajstić information content (AvgIpc) is 2.67. The van der Waals surface area contributed by atoms with Crippen molar-refractivity contribution in [2.75, 3.05) is 19.6 Å². The van der Waals surface area contributed by atoms with Crippen molar-refractivity contribution < 1.29 is 13.9 Å². The van der Waals surface area contributed by atoms with Crippen molar-refractivity contribution >= 4 is 17.0 Å². The van der Waals surface area contributed by atoms with E-state index in [9.17, 15) is 14.0 Å². The van der Waals surface area contributed by atoms with Gasteiger partial charge in [-0.15, -0.1) is 0 Å². The van der Waals surface area contributed by atoms with E-state index in [0.717, 1.165) is 5.39 Å². The van der Waals surface area contributed by atoms with E-state index in [1.54, 1.807) is 43.5 Å². The number of piperidine rings is 1. The molecule has 1 N–H and O–H groups in total.